The number of nitrogens with one attached hydrogen (secondary N) is 1. The van der Waals surface area contributed by atoms with E-state index in [0.29, 0.717) is 12.1 Å². The molecule has 1 N–H and O–H groups in total. The predicted octanol–water partition coefficient (Wildman–Crippen LogP) is 6.85. The van der Waals surface area contributed by atoms with E-state index in [1.807, 2.05) is 24.5 Å². The van der Waals surface area contributed by atoms with E-state index in [4.69, 9.17) is 4.42 Å². The van der Waals surface area contributed by atoms with Crippen molar-refractivity contribution in [3.63, 3.8) is 0 Å². The lowest BCUT2D eigenvalue weighted by Gasteiger charge is -2.37. The van der Waals surface area contributed by atoms with Crippen molar-refractivity contribution < 1.29 is 9.21 Å². The van der Waals surface area contributed by atoms with E-state index in [2.05, 4.69) is 47.5 Å². The Labute approximate surface area is 204 Å². The van der Waals surface area contributed by atoms with Crippen LogP contribution < -0.4 is 5.32 Å². The molecule has 0 spiro atoms. The van der Waals surface area contributed by atoms with Crippen molar-refractivity contribution in [2.75, 3.05) is 13.1 Å². The molecule has 1 amide bonds. The summed E-state index contributed by atoms with van der Waals surface area (Å²) in [5.74, 6) is 1.82. The molecule has 1 unspecified atom stereocenters. The SMILES string of the molecule is CCc1ccc(C(=O)NC2CCC(CCN3CCCCC3c3coc4cccc-4c3)CC2)cc1. The molecule has 4 heteroatoms. The zero-order valence-corrected chi connectivity index (χ0v) is 20.5. The van der Waals surface area contributed by atoms with Gasteiger partial charge in [0.1, 0.15) is 5.76 Å². The van der Waals surface area contributed by atoms with E-state index >= 15 is 0 Å². The standard InChI is InChI=1S/C30H38N2O2/c1-2-22-9-13-24(14-10-22)30(33)31-27-15-11-23(12-16-27)17-19-32-18-4-3-7-28(32)26-20-25-6-5-8-29(25)34-21-26/h5-6,8-10,13-14,20-21,23,27-28H,2-4,7,11-12,15-19H2,1H3,(H,31,33). The number of rotatable bonds is 7. The number of amides is 1. The van der Waals surface area contributed by atoms with Crippen LogP contribution in [0.25, 0.3) is 11.3 Å². The number of benzene rings is 1. The highest BCUT2D eigenvalue weighted by atomic mass is 16.3. The Morgan fingerprint density at radius 1 is 1.03 bits per heavy atom. The third-order valence-corrected chi connectivity index (χ3v) is 8.08. The first-order valence-corrected chi connectivity index (χ1v) is 13.3. The number of hydrogen-bond donors (Lipinski definition) is 1. The fraction of sp³-hybridized carbons (Fsp3) is 0.500. The van der Waals surface area contributed by atoms with Gasteiger partial charge in [0.2, 0.25) is 0 Å². The minimum absolute atomic E-state index is 0.0782. The Morgan fingerprint density at radius 3 is 2.65 bits per heavy atom. The highest BCUT2D eigenvalue weighted by molar-refractivity contribution is 5.94. The highest BCUT2D eigenvalue weighted by Gasteiger charge is 2.28. The number of hydrogen-bond acceptors (Lipinski definition) is 3. The Kier molecular flexibility index (Phi) is 7.34. The summed E-state index contributed by atoms with van der Waals surface area (Å²) >= 11 is 0. The minimum Gasteiger partial charge on any atom is -0.464 e. The molecule has 1 saturated carbocycles. The monoisotopic (exact) mass is 458 g/mol. The Bertz CT molecular complexity index is 1030. The van der Waals surface area contributed by atoms with E-state index in [-0.39, 0.29) is 5.91 Å². The van der Waals surface area contributed by atoms with Crippen molar-refractivity contribution in [2.24, 2.45) is 5.92 Å². The quantitative estimate of drug-likeness (QED) is 0.421. The minimum atomic E-state index is 0.0782. The van der Waals surface area contributed by atoms with Crippen LogP contribution in [0.5, 0.6) is 0 Å². The van der Waals surface area contributed by atoms with Crippen molar-refractivity contribution in [1.29, 1.82) is 0 Å². The van der Waals surface area contributed by atoms with Crippen LogP contribution in [-0.2, 0) is 6.42 Å². The molecule has 4 aliphatic rings. The molecule has 34 heavy (non-hydrogen) atoms. The molecular weight excluding hydrogens is 420 g/mol. The lowest BCUT2D eigenvalue weighted by Crippen LogP contribution is -2.39. The van der Waals surface area contributed by atoms with Gasteiger partial charge in [-0.3, -0.25) is 9.69 Å². The fourth-order valence-corrected chi connectivity index (χ4v) is 5.90. The summed E-state index contributed by atoms with van der Waals surface area (Å²) in [4.78, 5) is 15.3. The number of fused-ring (bicyclic) bond motifs is 1. The summed E-state index contributed by atoms with van der Waals surface area (Å²) in [5.41, 5.74) is 4.59. The van der Waals surface area contributed by atoms with Crippen LogP contribution in [0.2, 0.25) is 0 Å². The molecule has 4 nitrogen and oxygen atoms in total. The van der Waals surface area contributed by atoms with Crippen LogP contribution in [0.4, 0.5) is 0 Å². The van der Waals surface area contributed by atoms with Gasteiger partial charge in [-0.1, -0.05) is 37.6 Å². The van der Waals surface area contributed by atoms with E-state index in [1.165, 1.54) is 61.8 Å². The van der Waals surface area contributed by atoms with Gasteiger partial charge >= 0.3 is 0 Å². The maximum Gasteiger partial charge on any atom is 0.251 e. The zero-order chi connectivity index (χ0) is 23.3. The summed E-state index contributed by atoms with van der Waals surface area (Å²) in [6, 6.07) is 17.4. The number of likely N-dealkylation sites (tertiary alicyclic amines) is 1. The second-order valence-electron chi connectivity index (χ2n) is 10.3. The van der Waals surface area contributed by atoms with E-state index in [9.17, 15) is 4.79 Å². The molecule has 1 saturated heterocycles. The Balaban J connectivity index is 1.10. The number of carbonyl (C=O) groups is 1. The van der Waals surface area contributed by atoms with Gasteiger partial charge in [-0.05, 0) is 100 Å². The topological polar surface area (TPSA) is 45.5 Å². The van der Waals surface area contributed by atoms with E-state index in [1.54, 1.807) is 0 Å². The average molecular weight is 459 g/mol. The molecule has 0 radical (unpaired) electrons. The molecule has 1 aromatic carbocycles. The Hall–Kier alpha value is -2.59. The summed E-state index contributed by atoms with van der Waals surface area (Å²) in [6.45, 7) is 4.49. The molecular formula is C30H38N2O2. The zero-order valence-electron chi connectivity index (χ0n) is 20.5. The molecule has 1 atom stereocenters. The number of aryl methyl sites for hydroxylation is 1. The molecule has 2 heterocycles. The predicted molar refractivity (Wildman–Crippen MR) is 137 cm³/mol. The van der Waals surface area contributed by atoms with E-state index in [0.717, 1.165) is 43.0 Å². The molecule has 2 aliphatic carbocycles. The van der Waals surface area contributed by atoms with Gasteiger partial charge in [0.05, 0.1) is 6.26 Å². The van der Waals surface area contributed by atoms with Crippen LogP contribution in [-0.4, -0.2) is 29.9 Å². The third-order valence-electron chi connectivity index (χ3n) is 8.08. The van der Waals surface area contributed by atoms with Crippen LogP contribution in [0, 0.1) is 5.92 Å². The van der Waals surface area contributed by atoms with Gasteiger partial charge in [0.25, 0.3) is 5.91 Å². The van der Waals surface area contributed by atoms with Crippen LogP contribution in [0.3, 0.4) is 0 Å². The second kappa shape index (κ2) is 10.8. The molecule has 180 valence electrons. The van der Waals surface area contributed by atoms with Gasteiger partial charge in [0.15, 0.2) is 0 Å². The maximum atomic E-state index is 12.6. The normalized spacial score (nSPS) is 23.7. The summed E-state index contributed by atoms with van der Waals surface area (Å²) in [6.07, 6.45) is 12.7. The lowest BCUT2D eigenvalue weighted by atomic mass is 9.83. The maximum absolute atomic E-state index is 12.6. The number of carbonyl (C=O) groups excluding carboxylic acids is 1. The van der Waals surface area contributed by atoms with Crippen molar-refractivity contribution in [2.45, 2.75) is 76.8 Å². The molecule has 0 bridgehead atoms. The van der Waals surface area contributed by atoms with Gasteiger partial charge < -0.3 is 9.73 Å². The van der Waals surface area contributed by atoms with E-state index < -0.39 is 0 Å². The van der Waals surface area contributed by atoms with Crippen LogP contribution >= 0.6 is 0 Å². The van der Waals surface area contributed by atoms with Gasteiger partial charge in [-0.2, -0.15) is 0 Å². The lowest BCUT2D eigenvalue weighted by molar-refractivity contribution is 0.0915. The fourth-order valence-electron chi connectivity index (χ4n) is 5.90. The first-order valence-electron chi connectivity index (χ1n) is 13.3. The molecule has 0 aromatic heterocycles. The van der Waals surface area contributed by atoms with Crippen molar-refractivity contribution in [3.05, 3.63) is 71.5 Å². The van der Waals surface area contributed by atoms with Gasteiger partial charge in [-0.15, -0.1) is 0 Å². The molecule has 5 rings (SSSR count). The highest BCUT2D eigenvalue weighted by Crippen LogP contribution is 2.36. The van der Waals surface area contributed by atoms with Crippen LogP contribution in [0.15, 0.2) is 59.2 Å². The largest absolute Gasteiger partial charge is 0.464 e. The Morgan fingerprint density at radius 2 is 1.85 bits per heavy atom. The number of nitrogens with zero attached hydrogens (tertiary/aromatic N) is 1. The average Bonchev–Trinajstić information content (AvgIpc) is 3.36. The van der Waals surface area contributed by atoms with Gasteiger partial charge in [0, 0.05) is 28.8 Å². The summed E-state index contributed by atoms with van der Waals surface area (Å²) in [7, 11) is 0. The van der Waals surface area contributed by atoms with Crippen molar-refractivity contribution in [1.82, 2.24) is 10.2 Å². The molecule has 2 fully saturated rings. The molecule has 1 aromatic rings. The summed E-state index contributed by atoms with van der Waals surface area (Å²) in [5, 5.41) is 3.28. The second-order valence-corrected chi connectivity index (χ2v) is 10.3. The number of piperidine rings is 1. The van der Waals surface area contributed by atoms with Crippen molar-refractivity contribution >= 4 is 5.91 Å². The van der Waals surface area contributed by atoms with Crippen molar-refractivity contribution in [3.8, 4) is 11.3 Å². The smallest absolute Gasteiger partial charge is 0.251 e. The first-order chi connectivity index (χ1) is 16.7. The third kappa shape index (κ3) is 5.38. The summed E-state index contributed by atoms with van der Waals surface area (Å²) < 4.78 is 5.90. The molecule has 2 aliphatic heterocycles. The first kappa shape index (κ1) is 23.2. The van der Waals surface area contributed by atoms with Gasteiger partial charge in [-0.25, -0.2) is 0 Å². The van der Waals surface area contributed by atoms with Crippen LogP contribution in [0.1, 0.15) is 85.8 Å².